The summed E-state index contributed by atoms with van der Waals surface area (Å²) in [5, 5.41) is 0. The van der Waals surface area contributed by atoms with Crippen molar-refractivity contribution in [1.82, 2.24) is 0 Å². The monoisotopic (exact) mass is 308 g/mol. The number of nitrogens with two attached hydrogens (primary N) is 1. The van der Waals surface area contributed by atoms with Crippen LogP contribution in [0.2, 0.25) is 0 Å². The summed E-state index contributed by atoms with van der Waals surface area (Å²) in [4.78, 5) is 4.18. The zero-order chi connectivity index (χ0) is 14.8. The fourth-order valence-corrected chi connectivity index (χ4v) is 4.06. The van der Waals surface area contributed by atoms with Gasteiger partial charge in [0.05, 0.1) is 0 Å². The summed E-state index contributed by atoms with van der Waals surface area (Å²) in [5.74, 6) is 1.03. The van der Waals surface area contributed by atoms with E-state index in [1.807, 2.05) is 11.8 Å². The van der Waals surface area contributed by atoms with Gasteiger partial charge in [-0.05, 0) is 36.1 Å². The van der Waals surface area contributed by atoms with Crippen LogP contribution in [-0.2, 0) is 0 Å². The summed E-state index contributed by atoms with van der Waals surface area (Å²) in [6.45, 7) is 9.00. The van der Waals surface area contributed by atoms with Gasteiger partial charge in [-0.2, -0.15) is 0 Å². The van der Waals surface area contributed by atoms with Crippen molar-refractivity contribution in [1.29, 1.82) is 0 Å². The van der Waals surface area contributed by atoms with Crippen molar-refractivity contribution < 1.29 is 0 Å². The molecule has 2 nitrogen and oxygen atoms in total. The van der Waals surface area contributed by atoms with Gasteiger partial charge in [0.25, 0.3) is 0 Å². The Morgan fingerprint density at radius 3 is 2.80 bits per heavy atom. The molecule has 0 aliphatic carbocycles. The molecular formula is C16H24N2S2. The van der Waals surface area contributed by atoms with Crippen LogP contribution in [0.4, 0.5) is 5.69 Å². The molecule has 110 valence electrons. The van der Waals surface area contributed by atoms with Crippen LogP contribution >= 0.6 is 24.0 Å². The lowest BCUT2D eigenvalue weighted by molar-refractivity contribution is 0.293. The van der Waals surface area contributed by atoms with Crippen LogP contribution in [0.15, 0.2) is 23.1 Å². The van der Waals surface area contributed by atoms with Crippen LogP contribution in [0.3, 0.4) is 0 Å². The molecule has 0 atom stereocenters. The standard InChI is InChI=1S/C16H24N2S2/c1-4-20-13-8-5-7-12(14(13)15(17)19)18-10-6-9-16(2,3)11-18/h5,7-8H,4,6,9-11H2,1-3H3,(H2,17,19). The molecule has 2 rings (SSSR count). The summed E-state index contributed by atoms with van der Waals surface area (Å²) < 4.78 is 0. The zero-order valence-corrected chi connectivity index (χ0v) is 14.2. The topological polar surface area (TPSA) is 29.3 Å². The molecule has 0 amide bonds. The molecule has 1 aromatic rings. The summed E-state index contributed by atoms with van der Waals surface area (Å²) in [6, 6.07) is 6.41. The van der Waals surface area contributed by atoms with Crippen molar-refractivity contribution >= 4 is 34.7 Å². The first-order valence-corrected chi connectivity index (χ1v) is 8.64. The summed E-state index contributed by atoms with van der Waals surface area (Å²) in [6.07, 6.45) is 2.52. The highest BCUT2D eigenvalue weighted by Crippen LogP contribution is 2.36. The fourth-order valence-electron chi connectivity index (χ4n) is 2.94. The number of nitrogens with zero attached hydrogens (tertiary/aromatic N) is 1. The second kappa shape index (κ2) is 6.35. The Balaban J connectivity index is 2.40. The second-order valence-corrected chi connectivity index (χ2v) is 7.88. The molecule has 4 heteroatoms. The van der Waals surface area contributed by atoms with E-state index in [4.69, 9.17) is 18.0 Å². The third-order valence-corrected chi connectivity index (χ3v) is 4.94. The highest BCUT2D eigenvalue weighted by molar-refractivity contribution is 7.99. The molecule has 0 radical (unpaired) electrons. The summed E-state index contributed by atoms with van der Waals surface area (Å²) in [7, 11) is 0. The lowest BCUT2D eigenvalue weighted by atomic mass is 9.84. The van der Waals surface area contributed by atoms with Gasteiger partial charge >= 0.3 is 0 Å². The molecule has 0 aromatic heterocycles. The van der Waals surface area contributed by atoms with Crippen molar-refractivity contribution in [2.24, 2.45) is 11.1 Å². The van der Waals surface area contributed by atoms with Gasteiger partial charge in [-0.25, -0.2) is 0 Å². The molecule has 1 heterocycles. The van der Waals surface area contributed by atoms with Crippen LogP contribution in [0.25, 0.3) is 0 Å². The third-order valence-electron chi connectivity index (χ3n) is 3.79. The molecule has 1 fully saturated rings. The minimum Gasteiger partial charge on any atom is -0.389 e. The van der Waals surface area contributed by atoms with E-state index in [9.17, 15) is 0 Å². The average molecular weight is 309 g/mol. The van der Waals surface area contributed by atoms with Crippen LogP contribution in [0.1, 0.15) is 39.2 Å². The molecule has 1 aliphatic heterocycles. The molecule has 0 unspecified atom stereocenters. The largest absolute Gasteiger partial charge is 0.389 e. The normalized spacial score (nSPS) is 18.1. The van der Waals surface area contributed by atoms with Crippen molar-refractivity contribution in [3.8, 4) is 0 Å². The van der Waals surface area contributed by atoms with Crippen LogP contribution in [0.5, 0.6) is 0 Å². The van der Waals surface area contributed by atoms with Crippen molar-refractivity contribution in [3.63, 3.8) is 0 Å². The molecule has 20 heavy (non-hydrogen) atoms. The van der Waals surface area contributed by atoms with Crippen molar-refractivity contribution in [2.45, 2.75) is 38.5 Å². The van der Waals surface area contributed by atoms with E-state index in [-0.39, 0.29) is 0 Å². The summed E-state index contributed by atoms with van der Waals surface area (Å²) in [5.41, 5.74) is 8.65. The van der Waals surface area contributed by atoms with E-state index in [2.05, 4.69) is 43.9 Å². The molecular weight excluding hydrogens is 284 g/mol. The van der Waals surface area contributed by atoms with E-state index < -0.39 is 0 Å². The number of benzene rings is 1. The minimum atomic E-state index is 0.361. The number of thioether (sulfide) groups is 1. The first-order valence-electron chi connectivity index (χ1n) is 7.25. The number of piperidine rings is 1. The van der Waals surface area contributed by atoms with Gasteiger partial charge in [0.2, 0.25) is 0 Å². The molecule has 1 aromatic carbocycles. The van der Waals surface area contributed by atoms with Gasteiger partial charge in [0.1, 0.15) is 4.99 Å². The maximum Gasteiger partial charge on any atom is 0.107 e. The number of hydrogen-bond acceptors (Lipinski definition) is 3. The van der Waals surface area contributed by atoms with Gasteiger partial charge in [0.15, 0.2) is 0 Å². The molecule has 0 bridgehead atoms. The summed E-state index contributed by atoms with van der Waals surface area (Å²) >= 11 is 7.13. The zero-order valence-electron chi connectivity index (χ0n) is 12.6. The lowest BCUT2D eigenvalue weighted by Crippen LogP contribution is -2.41. The molecule has 0 saturated carbocycles. The van der Waals surface area contributed by atoms with E-state index in [0.29, 0.717) is 10.4 Å². The minimum absolute atomic E-state index is 0.361. The molecule has 1 saturated heterocycles. The number of anilines is 1. The van der Waals surface area contributed by atoms with Gasteiger partial charge in [-0.3, -0.25) is 0 Å². The highest BCUT2D eigenvalue weighted by atomic mass is 32.2. The van der Waals surface area contributed by atoms with Crippen LogP contribution in [0, 0.1) is 5.41 Å². The van der Waals surface area contributed by atoms with Crippen LogP contribution < -0.4 is 10.6 Å². The van der Waals surface area contributed by atoms with E-state index >= 15 is 0 Å². The van der Waals surface area contributed by atoms with E-state index in [1.54, 1.807) is 0 Å². The van der Waals surface area contributed by atoms with Gasteiger partial charge in [-0.15, -0.1) is 11.8 Å². The SMILES string of the molecule is CCSc1cccc(N2CCCC(C)(C)C2)c1C(N)=S. The first-order chi connectivity index (χ1) is 9.44. The number of thiocarbonyl (C=S) groups is 1. The van der Waals surface area contributed by atoms with Gasteiger partial charge in [-0.1, -0.05) is 39.1 Å². The predicted octanol–water partition coefficient (Wildman–Crippen LogP) is 4.06. The second-order valence-electron chi connectivity index (χ2n) is 6.14. The number of rotatable bonds is 4. The fraction of sp³-hybridized carbons (Fsp3) is 0.562. The van der Waals surface area contributed by atoms with Gasteiger partial charge < -0.3 is 10.6 Å². The average Bonchev–Trinajstić information content (AvgIpc) is 2.37. The van der Waals surface area contributed by atoms with E-state index in [0.717, 1.165) is 24.4 Å². The van der Waals surface area contributed by atoms with Gasteiger partial charge in [0, 0.05) is 29.2 Å². The lowest BCUT2D eigenvalue weighted by Gasteiger charge is -2.40. The third kappa shape index (κ3) is 3.47. The Labute approximate surface area is 132 Å². The van der Waals surface area contributed by atoms with Crippen molar-refractivity contribution in [3.05, 3.63) is 23.8 Å². The predicted molar refractivity (Wildman–Crippen MR) is 94.0 cm³/mol. The quantitative estimate of drug-likeness (QED) is 0.671. The molecule has 1 aliphatic rings. The maximum atomic E-state index is 6.01. The Morgan fingerprint density at radius 2 is 2.20 bits per heavy atom. The Bertz CT molecular complexity index is 497. The Hall–Kier alpha value is -0.740. The first kappa shape index (κ1) is 15.6. The Kier molecular flexibility index (Phi) is 4.97. The van der Waals surface area contributed by atoms with Crippen molar-refractivity contribution in [2.75, 3.05) is 23.7 Å². The molecule has 0 spiro atoms. The number of hydrogen-bond donors (Lipinski definition) is 1. The smallest absolute Gasteiger partial charge is 0.107 e. The Morgan fingerprint density at radius 1 is 1.45 bits per heavy atom. The van der Waals surface area contributed by atoms with Crippen LogP contribution in [-0.4, -0.2) is 23.8 Å². The molecule has 2 N–H and O–H groups in total. The highest BCUT2D eigenvalue weighted by Gasteiger charge is 2.28. The van der Waals surface area contributed by atoms with E-state index in [1.165, 1.54) is 23.4 Å². The maximum absolute atomic E-state index is 6.01.